The van der Waals surface area contributed by atoms with Crippen molar-refractivity contribution in [2.24, 2.45) is 0 Å². The summed E-state index contributed by atoms with van der Waals surface area (Å²) >= 11 is 7.53. The fourth-order valence-electron chi connectivity index (χ4n) is 2.42. The van der Waals surface area contributed by atoms with E-state index >= 15 is 0 Å². The lowest BCUT2D eigenvalue weighted by Crippen LogP contribution is -2.42. The number of nitrogens with zero attached hydrogens (tertiary/aromatic N) is 3. The lowest BCUT2D eigenvalue weighted by atomic mass is 9.95. The van der Waals surface area contributed by atoms with E-state index in [-0.39, 0.29) is 12.0 Å². The Morgan fingerprint density at radius 2 is 2.18 bits per heavy atom. The van der Waals surface area contributed by atoms with Crippen LogP contribution < -0.4 is 0 Å². The van der Waals surface area contributed by atoms with Gasteiger partial charge in [0.05, 0.1) is 5.69 Å². The first-order chi connectivity index (χ1) is 10.3. The molecule has 0 aromatic carbocycles. The average molecular weight is 344 g/mol. The Hall–Kier alpha value is -1.01. The van der Waals surface area contributed by atoms with Gasteiger partial charge in [-0.1, -0.05) is 23.4 Å². The number of likely N-dealkylation sites (tertiary alicyclic amines) is 1. The minimum absolute atomic E-state index is 0.174. The highest BCUT2D eigenvalue weighted by atomic mass is 35.5. The summed E-state index contributed by atoms with van der Waals surface area (Å²) in [7, 11) is 0. The van der Waals surface area contributed by atoms with Crippen molar-refractivity contribution in [2.75, 3.05) is 19.3 Å². The molecule has 1 fully saturated rings. The molecule has 5 nitrogen and oxygen atoms in total. The van der Waals surface area contributed by atoms with Crippen LogP contribution in [0.3, 0.4) is 0 Å². The van der Waals surface area contributed by atoms with Crippen LogP contribution in [-0.4, -0.2) is 45.9 Å². The van der Waals surface area contributed by atoms with Gasteiger partial charge in [0.15, 0.2) is 5.16 Å². The van der Waals surface area contributed by atoms with Crippen molar-refractivity contribution in [2.45, 2.75) is 50.3 Å². The van der Waals surface area contributed by atoms with Crippen LogP contribution in [0.4, 0.5) is 4.79 Å². The number of carbonyl (C=O) groups excluding carboxylic acids is 1. The number of amides is 1. The smallest absolute Gasteiger partial charge is 0.410 e. The quantitative estimate of drug-likeness (QED) is 0.462. The molecule has 1 amide bonds. The Bertz CT molecular complexity index is 548. The zero-order valence-corrected chi connectivity index (χ0v) is 15.0. The largest absolute Gasteiger partial charge is 0.444 e. The Balaban J connectivity index is 2.10. The van der Waals surface area contributed by atoms with Crippen LogP contribution in [0.25, 0.3) is 0 Å². The number of hydrogen-bond donors (Lipinski definition) is 0. The molecule has 0 radical (unpaired) electrons. The fourth-order valence-corrected chi connectivity index (χ4v) is 3.05. The summed E-state index contributed by atoms with van der Waals surface area (Å²) in [5, 5.41) is 1.11. The van der Waals surface area contributed by atoms with Crippen molar-refractivity contribution in [3.63, 3.8) is 0 Å². The van der Waals surface area contributed by atoms with E-state index in [1.165, 1.54) is 11.8 Å². The summed E-state index contributed by atoms with van der Waals surface area (Å²) in [6.45, 7) is 6.96. The summed E-state index contributed by atoms with van der Waals surface area (Å²) in [5.74, 6) is 0.174. The van der Waals surface area contributed by atoms with E-state index in [0.717, 1.165) is 25.1 Å². The monoisotopic (exact) mass is 343 g/mol. The molecule has 1 aromatic heterocycles. The van der Waals surface area contributed by atoms with Gasteiger partial charge >= 0.3 is 6.09 Å². The summed E-state index contributed by atoms with van der Waals surface area (Å²) in [4.78, 5) is 22.7. The van der Waals surface area contributed by atoms with E-state index in [0.29, 0.717) is 16.9 Å². The maximum atomic E-state index is 12.2. The van der Waals surface area contributed by atoms with Gasteiger partial charge in [0.25, 0.3) is 0 Å². The van der Waals surface area contributed by atoms with Crippen molar-refractivity contribution < 1.29 is 9.53 Å². The van der Waals surface area contributed by atoms with Gasteiger partial charge in [-0.3, -0.25) is 0 Å². The molecule has 0 spiro atoms. The molecule has 0 unspecified atom stereocenters. The molecular formula is C15H22ClN3O2S. The number of hydrogen-bond acceptors (Lipinski definition) is 5. The Labute approximate surface area is 140 Å². The maximum absolute atomic E-state index is 12.2. The second-order valence-electron chi connectivity index (χ2n) is 6.37. The molecule has 2 rings (SSSR count). The van der Waals surface area contributed by atoms with Crippen LogP contribution in [0.5, 0.6) is 0 Å². The first-order valence-electron chi connectivity index (χ1n) is 7.35. The molecule has 7 heteroatoms. The van der Waals surface area contributed by atoms with E-state index < -0.39 is 5.60 Å². The maximum Gasteiger partial charge on any atom is 0.410 e. The van der Waals surface area contributed by atoms with E-state index in [1.807, 2.05) is 27.0 Å². The van der Waals surface area contributed by atoms with Gasteiger partial charge in [-0.05, 0) is 45.9 Å². The van der Waals surface area contributed by atoms with Gasteiger partial charge in [-0.15, -0.1) is 0 Å². The van der Waals surface area contributed by atoms with Crippen LogP contribution in [0.15, 0.2) is 11.2 Å². The second-order valence-corrected chi connectivity index (χ2v) is 7.53. The van der Waals surface area contributed by atoms with E-state index in [4.69, 9.17) is 16.3 Å². The van der Waals surface area contributed by atoms with Gasteiger partial charge in [0.1, 0.15) is 10.8 Å². The van der Waals surface area contributed by atoms with E-state index in [2.05, 4.69) is 9.97 Å². The number of halogens is 1. The van der Waals surface area contributed by atoms with Crippen LogP contribution in [0.2, 0.25) is 5.15 Å². The normalized spacial score (nSPS) is 19.1. The molecular weight excluding hydrogens is 322 g/mol. The molecule has 0 aliphatic carbocycles. The fraction of sp³-hybridized carbons (Fsp3) is 0.667. The van der Waals surface area contributed by atoms with Gasteiger partial charge in [0, 0.05) is 19.0 Å². The molecule has 1 saturated heterocycles. The highest BCUT2D eigenvalue weighted by molar-refractivity contribution is 7.98. The van der Waals surface area contributed by atoms with Crippen molar-refractivity contribution in [3.05, 3.63) is 16.9 Å². The van der Waals surface area contributed by atoms with Crippen molar-refractivity contribution >= 4 is 29.5 Å². The predicted octanol–water partition coefficient (Wildman–Crippen LogP) is 3.97. The standard InChI is InChI=1S/C15H22ClN3O2S/c1-15(2,3)21-14(20)19-7-5-6-10(9-19)11-8-12(16)18-13(17-11)22-4/h8,10H,5-7,9H2,1-4H3/t10-/m1/s1. The Morgan fingerprint density at radius 1 is 1.45 bits per heavy atom. The Kier molecular flexibility index (Phi) is 5.55. The first-order valence-corrected chi connectivity index (χ1v) is 8.95. The van der Waals surface area contributed by atoms with Crippen LogP contribution in [0, 0.1) is 0 Å². The predicted molar refractivity (Wildman–Crippen MR) is 88.6 cm³/mol. The molecule has 2 heterocycles. The van der Waals surface area contributed by atoms with Crippen LogP contribution >= 0.6 is 23.4 Å². The van der Waals surface area contributed by atoms with Gasteiger partial charge in [-0.2, -0.15) is 0 Å². The molecule has 1 aromatic rings. The third kappa shape index (κ3) is 4.74. The number of carbonyl (C=O) groups is 1. The summed E-state index contributed by atoms with van der Waals surface area (Å²) in [5.41, 5.74) is 0.423. The zero-order chi connectivity index (χ0) is 16.3. The van der Waals surface area contributed by atoms with Crippen molar-refractivity contribution in [1.82, 2.24) is 14.9 Å². The Morgan fingerprint density at radius 3 is 2.82 bits per heavy atom. The van der Waals surface area contributed by atoms with Crippen LogP contribution in [-0.2, 0) is 4.74 Å². The third-order valence-electron chi connectivity index (χ3n) is 3.37. The van der Waals surface area contributed by atoms with Gasteiger partial charge in [-0.25, -0.2) is 14.8 Å². The summed E-state index contributed by atoms with van der Waals surface area (Å²) in [6.07, 6.45) is 3.58. The summed E-state index contributed by atoms with van der Waals surface area (Å²) < 4.78 is 5.45. The van der Waals surface area contributed by atoms with Gasteiger partial charge < -0.3 is 9.64 Å². The molecule has 122 valence electrons. The van der Waals surface area contributed by atoms with Crippen molar-refractivity contribution in [3.8, 4) is 0 Å². The highest BCUT2D eigenvalue weighted by Gasteiger charge is 2.29. The number of rotatable bonds is 2. The number of thioether (sulfide) groups is 1. The molecule has 1 atom stereocenters. The topological polar surface area (TPSA) is 55.3 Å². The SMILES string of the molecule is CSc1nc(Cl)cc([C@@H]2CCCN(C(=O)OC(C)(C)C)C2)n1. The van der Waals surface area contributed by atoms with E-state index in [9.17, 15) is 4.79 Å². The van der Waals surface area contributed by atoms with Crippen LogP contribution in [0.1, 0.15) is 45.2 Å². The first kappa shape index (κ1) is 17.3. The number of ether oxygens (including phenoxy) is 1. The summed E-state index contributed by atoms with van der Waals surface area (Å²) in [6, 6.07) is 1.80. The van der Waals surface area contributed by atoms with Crippen molar-refractivity contribution in [1.29, 1.82) is 0 Å². The lowest BCUT2D eigenvalue weighted by Gasteiger charge is -2.34. The zero-order valence-electron chi connectivity index (χ0n) is 13.4. The minimum Gasteiger partial charge on any atom is -0.444 e. The number of piperidine rings is 1. The minimum atomic E-state index is -0.478. The second kappa shape index (κ2) is 7.04. The highest BCUT2D eigenvalue weighted by Crippen LogP contribution is 2.29. The number of aromatic nitrogens is 2. The molecule has 1 aliphatic rings. The average Bonchev–Trinajstić information content (AvgIpc) is 2.45. The molecule has 0 saturated carbocycles. The van der Waals surface area contributed by atoms with Gasteiger partial charge in [0.2, 0.25) is 0 Å². The third-order valence-corrected chi connectivity index (χ3v) is 4.11. The molecule has 1 aliphatic heterocycles. The van der Waals surface area contributed by atoms with E-state index in [1.54, 1.807) is 11.0 Å². The molecule has 0 bridgehead atoms. The molecule has 22 heavy (non-hydrogen) atoms. The lowest BCUT2D eigenvalue weighted by molar-refractivity contribution is 0.0197. The molecule has 0 N–H and O–H groups in total.